The second kappa shape index (κ2) is 7.26. The van der Waals surface area contributed by atoms with Crippen LogP contribution in [-0.4, -0.2) is 18.6 Å². The summed E-state index contributed by atoms with van der Waals surface area (Å²) in [5, 5.41) is 0. The van der Waals surface area contributed by atoms with Crippen LogP contribution in [0.4, 0.5) is 0 Å². The molecule has 0 bridgehead atoms. The molecule has 1 heterocycles. The molecule has 0 atom stereocenters. The molecule has 0 fully saturated rings. The summed E-state index contributed by atoms with van der Waals surface area (Å²) in [7, 11) is 1.65. The SMILES string of the molecule is COc1ccc(Br)c(COc2ccc(CCN)nc2)c1. The maximum atomic E-state index is 5.73. The van der Waals surface area contributed by atoms with Gasteiger partial charge in [-0.05, 0) is 36.9 Å². The standard InChI is InChI=1S/C15H17BrN2O2/c1-19-13-4-5-15(16)11(8-13)10-20-14-3-2-12(6-7-17)18-9-14/h2-5,8-9H,6-7,10,17H2,1H3. The zero-order chi connectivity index (χ0) is 14.4. The fourth-order valence-corrected chi connectivity index (χ4v) is 2.10. The molecular weight excluding hydrogens is 320 g/mol. The predicted octanol–water partition coefficient (Wildman–Crippen LogP) is 2.93. The number of methoxy groups -OCH3 is 1. The molecule has 1 aromatic carbocycles. The number of halogens is 1. The quantitative estimate of drug-likeness (QED) is 0.881. The molecule has 0 amide bonds. The van der Waals surface area contributed by atoms with Crippen molar-refractivity contribution in [3.05, 3.63) is 52.3 Å². The third-order valence-corrected chi connectivity index (χ3v) is 3.62. The van der Waals surface area contributed by atoms with Crippen LogP contribution in [0.1, 0.15) is 11.3 Å². The number of rotatable bonds is 6. The highest BCUT2D eigenvalue weighted by Crippen LogP contribution is 2.24. The van der Waals surface area contributed by atoms with Gasteiger partial charge < -0.3 is 15.2 Å². The minimum Gasteiger partial charge on any atom is -0.497 e. The molecule has 0 saturated carbocycles. The van der Waals surface area contributed by atoms with Gasteiger partial charge in [0.1, 0.15) is 18.1 Å². The molecule has 0 radical (unpaired) electrons. The number of aromatic nitrogens is 1. The highest BCUT2D eigenvalue weighted by molar-refractivity contribution is 9.10. The number of hydrogen-bond acceptors (Lipinski definition) is 4. The van der Waals surface area contributed by atoms with Gasteiger partial charge in [0.15, 0.2) is 0 Å². The van der Waals surface area contributed by atoms with E-state index in [1.54, 1.807) is 13.3 Å². The van der Waals surface area contributed by atoms with Crippen molar-refractivity contribution in [3.8, 4) is 11.5 Å². The fraction of sp³-hybridized carbons (Fsp3) is 0.267. The van der Waals surface area contributed by atoms with Gasteiger partial charge in [-0.1, -0.05) is 15.9 Å². The van der Waals surface area contributed by atoms with Gasteiger partial charge in [-0.15, -0.1) is 0 Å². The Morgan fingerprint density at radius 3 is 2.65 bits per heavy atom. The van der Waals surface area contributed by atoms with E-state index in [-0.39, 0.29) is 0 Å². The van der Waals surface area contributed by atoms with Gasteiger partial charge in [0.2, 0.25) is 0 Å². The molecule has 20 heavy (non-hydrogen) atoms. The largest absolute Gasteiger partial charge is 0.497 e. The van der Waals surface area contributed by atoms with Crippen LogP contribution in [0.2, 0.25) is 0 Å². The first-order valence-corrected chi connectivity index (χ1v) is 7.12. The van der Waals surface area contributed by atoms with Gasteiger partial charge >= 0.3 is 0 Å². The zero-order valence-electron chi connectivity index (χ0n) is 11.3. The van der Waals surface area contributed by atoms with Gasteiger partial charge in [0.25, 0.3) is 0 Å². The molecule has 0 aliphatic rings. The average molecular weight is 337 g/mol. The van der Waals surface area contributed by atoms with E-state index in [0.29, 0.717) is 13.2 Å². The second-order valence-electron chi connectivity index (χ2n) is 4.27. The molecule has 4 nitrogen and oxygen atoms in total. The topological polar surface area (TPSA) is 57.4 Å². The molecule has 0 saturated heterocycles. The van der Waals surface area contributed by atoms with E-state index in [4.69, 9.17) is 15.2 Å². The average Bonchev–Trinajstić information content (AvgIpc) is 2.48. The maximum Gasteiger partial charge on any atom is 0.138 e. The Kier molecular flexibility index (Phi) is 5.38. The minimum atomic E-state index is 0.454. The molecule has 0 aliphatic heterocycles. The van der Waals surface area contributed by atoms with Crippen molar-refractivity contribution in [2.75, 3.05) is 13.7 Å². The van der Waals surface area contributed by atoms with Crippen LogP contribution in [0.3, 0.4) is 0 Å². The van der Waals surface area contributed by atoms with Crippen LogP contribution >= 0.6 is 15.9 Å². The van der Waals surface area contributed by atoms with Gasteiger partial charge in [0, 0.05) is 22.2 Å². The van der Waals surface area contributed by atoms with Crippen molar-refractivity contribution >= 4 is 15.9 Å². The summed E-state index contributed by atoms with van der Waals surface area (Å²) in [5.74, 6) is 1.55. The minimum absolute atomic E-state index is 0.454. The number of hydrogen-bond donors (Lipinski definition) is 1. The molecule has 0 aliphatic carbocycles. The normalized spacial score (nSPS) is 10.3. The first-order chi connectivity index (χ1) is 9.72. The summed E-state index contributed by atoms with van der Waals surface area (Å²) in [6.45, 7) is 1.06. The molecular formula is C15H17BrN2O2. The Balaban J connectivity index is 2.01. The molecule has 5 heteroatoms. The second-order valence-corrected chi connectivity index (χ2v) is 5.12. The maximum absolute atomic E-state index is 5.73. The Hall–Kier alpha value is -1.59. The molecule has 1 aromatic heterocycles. The predicted molar refractivity (Wildman–Crippen MR) is 82.0 cm³/mol. The first kappa shape index (κ1) is 14.8. The lowest BCUT2D eigenvalue weighted by molar-refractivity contribution is 0.303. The van der Waals surface area contributed by atoms with Crippen LogP contribution in [0, 0.1) is 0 Å². The summed E-state index contributed by atoms with van der Waals surface area (Å²) in [4.78, 5) is 4.30. The van der Waals surface area contributed by atoms with Crippen molar-refractivity contribution in [2.24, 2.45) is 5.73 Å². The number of nitrogens with two attached hydrogens (primary N) is 1. The van der Waals surface area contributed by atoms with Crippen LogP contribution in [0.5, 0.6) is 11.5 Å². The molecule has 2 rings (SSSR count). The Morgan fingerprint density at radius 2 is 2.00 bits per heavy atom. The van der Waals surface area contributed by atoms with Crippen molar-refractivity contribution in [1.82, 2.24) is 4.98 Å². The Labute approximate surface area is 127 Å². The number of nitrogens with zero attached hydrogens (tertiary/aromatic N) is 1. The highest BCUT2D eigenvalue weighted by atomic mass is 79.9. The summed E-state index contributed by atoms with van der Waals surface area (Å²) >= 11 is 3.50. The van der Waals surface area contributed by atoms with E-state index in [9.17, 15) is 0 Å². The lowest BCUT2D eigenvalue weighted by Crippen LogP contribution is -2.04. The summed E-state index contributed by atoms with van der Waals surface area (Å²) < 4.78 is 11.9. The van der Waals surface area contributed by atoms with Crippen LogP contribution in [0.15, 0.2) is 41.0 Å². The van der Waals surface area contributed by atoms with Gasteiger partial charge in [-0.25, -0.2) is 0 Å². The van der Waals surface area contributed by atoms with Crippen LogP contribution in [0.25, 0.3) is 0 Å². The van der Waals surface area contributed by atoms with Crippen molar-refractivity contribution in [1.29, 1.82) is 0 Å². The zero-order valence-corrected chi connectivity index (χ0v) is 12.9. The molecule has 2 N–H and O–H groups in total. The Bertz CT molecular complexity index is 558. The summed E-state index contributed by atoms with van der Waals surface area (Å²) in [5.41, 5.74) is 7.49. The molecule has 2 aromatic rings. The third-order valence-electron chi connectivity index (χ3n) is 2.85. The lowest BCUT2D eigenvalue weighted by Gasteiger charge is -2.09. The van der Waals surface area contributed by atoms with E-state index >= 15 is 0 Å². The van der Waals surface area contributed by atoms with E-state index in [1.807, 2.05) is 30.3 Å². The fourth-order valence-electron chi connectivity index (χ4n) is 1.74. The van der Waals surface area contributed by atoms with E-state index in [0.717, 1.165) is 33.6 Å². The van der Waals surface area contributed by atoms with Gasteiger partial charge in [-0.2, -0.15) is 0 Å². The smallest absolute Gasteiger partial charge is 0.138 e. The highest BCUT2D eigenvalue weighted by Gasteiger charge is 2.04. The number of benzene rings is 1. The molecule has 106 valence electrons. The number of pyridine rings is 1. The first-order valence-electron chi connectivity index (χ1n) is 6.33. The summed E-state index contributed by atoms with van der Waals surface area (Å²) in [6, 6.07) is 9.63. The van der Waals surface area contributed by atoms with E-state index in [2.05, 4.69) is 20.9 Å². The number of ether oxygens (including phenoxy) is 2. The lowest BCUT2D eigenvalue weighted by atomic mass is 10.2. The van der Waals surface area contributed by atoms with E-state index in [1.165, 1.54) is 0 Å². The molecule has 0 spiro atoms. The Morgan fingerprint density at radius 1 is 1.20 bits per heavy atom. The van der Waals surface area contributed by atoms with Crippen molar-refractivity contribution < 1.29 is 9.47 Å². The van der Waals surface area contributed by atoms with Gasteiger partial charge in [0.05, 0.1) is 13.3 Å². The van der Waals surface area contributed by atoms with Crippen molar-refractivity contribution in [3.63, 3.8) is 0 Å². The van der Waals surface area contributed by atoms with Gasteiger partial charge in [-0.3, -0.25) is 4.98 Å². The van der Waals surface area contributed by atoms with E-state index < -0.39 is 0 Å². The summed E-state index contributed by atoms with van der Waals surface area (Å²) in [6.07, 6.45) is 2.50. The van der Waals surface area contributed by atoms with Crippen LogP contribution in [-0.2, 0) is 13.0 Å². The molecule has 0 unspecified atom stereocenters. The third kappa shape index (κ3) is 3.95. The van der Waals surface area contributed by atoms with Crippen LogP contribution < -0.4 is 15.2 Å². The monoisotopic (exact) mass is 336 g/mol. The van der Waals surface area contributed by atoms with Crippen molar-refractivity contribution in [2.45, 2.75) is 13.0 Å².